The highest BCUT2D eigenvalue weighted by atomic mass is 16.7. The predicted octanol–water partition coefficient (Wildman–Crippen LogP) is 3.77. The van der Waals surface area contributed by atoms with Gasteiger partial charge in [-0.1, -0.05) is 27.7 Å². The molecule has 15 heavy (non-hydrogen) atoms. The molecule has 0 radical (unpaired) electrons. The number of hydrogen-bond acceptors (Lipinski definition) is 2. The lowest BCUT2D eigenvalue weighted by Crippen LogP contribution is -2.38. The zero-order valence-corrected chi connectivity index (χ0v) is 11.6. The molecule has 0 aromatic heterocycles. The Bertz CT molecular complexity index is 148. The first-order valence-electron chi connectivity index (χ1n) is 6.14. The normalized spacial score (nSPS) is 13.2. The van der Waals surface area contributed by atoms with Crippen LogP contribution < -0.4 is 5.48 Å². The van der Waals surface area contributed by atoms with Gasteiger partial charge in [-0.25, -0.2) is 0 Å². The van der Waals surface area contributed by atoms with E-state index < -0.39 is 0 Å². The van der Waals surface area contributed by atoms with Crippen LogP contribution in [0.4, 0.5) is 0 Å². The summed E-state index contributed by atoms with van der Waals surface area (Å²) >= 11 is 0. The molecule has 0 saturated carbocycles. The Morgan fingerprint density at radius 1 is 0.933 bits per heavy atom. The average molecular weight is 215 g/mol. The monoisotopic (exact) mass is 215 g/mol. The predicted molar refractivity (Wildman–Crippen MR) is 66.7 cm³/mol. The molecule has 0 aromatic carbocycles. The minimum Gasteiger partial charge on any atom is -0.296 e. The van der Waals surface area contributed by atoms with Crippen LogP contribution in [0.5, 0.6) is 0 Å². The first kappa shape index (κ1) is 14.9. The summed E-state index contributed by atoms with van der Waals surface area (Å²) in [6, 6.07) is 0.476. The molecule has 0 spiro atoms. The van der Waals surface area contributed by atoms with Gasteiger partial charge in [-0.3, -0.25) is 4.84 Å². The van der Waals surface area contributed by atoms with E-state index in [1.807, 2.05) is 0 Å². The zero-order chi connectivity index (χ0) is 12.1. The highest BCUT2D eigenvalue weighted by Gasteiger charge is 2.17. The fraction of sp³-hybridized carbons (Fsp3) is 1.00. The number of nitrogens with one attached hydrogen (secondary N) is 1. The standard InChI is InChI=1S/C13H29NO/c1-10(2)8-12(9-11(3)4)14-15-13(5,6)7/h10-12,14H,8-9H2,1-7H3. The van der Waals surface area contributed by atoms with Crippen LogP contribution in [0.3, 0.4) is 0 Å². The van der Waals surface area contributed by atoms with E-state index in [-0.39, 0.29) is 5.60 Å². The summed E-state index contributed by atoms with van der Waals surface area (Å²) in [6.45, 7) is 15.2. The molecule has 0 aliphatic carbocycles. The van der Waals surface area contributed by atoms with Gasteiger partial charge in [0, 0.05) is 6.04 Å². The Kier molecular flexibility index (Phi) is 6.46. The van der Waals surface area contributed by atoms with Gasteiger partial charge in [0.25, 0.3) is 0 Å². The number of rotatable bonds is 6. The molecule has 92 valence electrons. The van der Waals surface area contributed by atoms with Crippen molar-refractivity contribution < 1.29 is 4.84 Å². The molecule has 0 aromatic rings. The van der Waals surface area contributed by atoms with E-state index in [0.717, 1.165) is 0 Å². The lowest BCUT2D eigenvalue weighted by Gasteiger charge is -2.27. The summed E-state index contributed by atoms with van der Waals surface area (Å²) in [5, 5.41) is 0. The lowest BCUT2D eigenvalue weighted by atomic mass is 9.96. The zero-order valence-electron chi connectivity index (χ0n) is 11.6. The molecule has 0 rings (SSSR count). The molecule has 1 N–H and O–H groups in total. The van der Waals surface area contributed by atoms with Crippen LogP contribution >= 0.6 is 0 Å². The Morgan fingerprint density at radius 2 is 1.33 bits per heavy atom. The van der Waals surface area contributed by atoms with Crippen molar-refractivity contribution in [3.05, 3.63) is 0 Å². The molecule has 0 atom stereocenters. The van der Waals surface area contributed by atoms with Crippen LogP contribution in [-0.4, -0.2) is 11.6 Å². The van der Waals surface area contributed by atoms with Crippen molar-refractivity contribution in [3.63, 3.8) is 0 Å². The molecule has 0 fully saturated rings. The van der Waals surface area contributed by atoms with Crippen LogP contribution in [0.15, 0.2) is 0 Å². The van der Waals surface area contributed by atoms with Crippen LogP contribution in [-0.2, 0) is 4.84 Å². The molecule has 0 saturated heterocycles. The minimum absolute atomic E-state index is 0.105. The maximum atomic E-state index is 5.64. The van der Waals surface area contributed by atoms with E-state index in [1.54, 1.807) is 0 Å². The van der Waals surface area contributed by atoms with E-state index >= 15 is 0 Å². The van der Waals surface area contributed by atoms with Crippen molar-refractivity contribution in [2.24, 2.45) is 11.8 Å². The fourth-order valence-corrected chi connectivity index (χ4v) is 1.59. The van der Waals surface area contributed by atoms with Gasteiger partial charge in [0.1, 0.15) is 0 Å². The van der Waals surface area contributed by atoms with Crippen molar-refractivity contribution in [2.45, 2.75) is 73.0 Å². The molecule has 0 bridgehead atoms. The van der Waals surface area contributed by atoms with Gasteiger partial charge in [0.15, 0.2) is 0 Å². The molecule has 2 heteroatoms. The summed E-state index contributed by atoms with van der Waals surface area (Å²) in [5.41, 5.74) is 3.12. The third kappa shape index (κ3) is 10.2. The van der Waals surface area contributed by atoms with Gasteiger partial charge in [-0.15, -0.1) is 0 Å². The van der Waals surface area contributed by atoms with E-state index in [2.05, 4.69) is 53.9 Å². The topological polar surface area (TPSA) is 21.3 Å². The van der Waals surface area contributed by atoms with Crippen molar-refractivity contribution in [3.8, 4) is 0 Å². The summed E-state index contributed by atoms with van der Waals surface area (Å²) < 4.78 is 0. The molecule has 0 amide bonds. The quantitative estimate of drug-likeness (QED) is 0.681. The van der Waals surface area contributed by atoms with Crippen LogP contribution in [0.1, 0.15) is 61.3 Å². The van der Waals surface area contributed by atoms with Crippen LogP contribution in [0.25, 0.3) is 0 Å². The molecular weight excluding hydrogens is 186 g/mol. The Labute approximate surface area is 95.7 Å². The second-order valence-corrected chi connectivity index (χ2v) is 6.29. The Hall–Kier alpha value is -0.0800. The third-order valence-corrected chi connectivity index (χ3v) is 2.04. The van der Waals surface area contributed by atoms with Crippen LogP contribution in [0.2, 0.25) is 0 Å². The highest BCUT2D eigenvalue weighted by Crippen LogP contribution is 2.15. The third-order valence-electron chi connectivity index (χ3n) is 2.04. The first-order valence-corrected chi connectivity index (χ1v) is 6.14. The maximum Gasteiger partial charge on any atom is 0.0813 e. The van der Waals surface area contributed by atoms with Crippen molar-refractivity contribution in [1.82, 2.24) is 5.48 Å². The molecule has 2 nitrogen and oxygen atoms in total. The van der Waals surface area contributed by atoms with Gasteiger partial charge in [-0.2, -0.15) is 5.48 Å². The summed E-state index contributed by atoms with van der Waals surface area (Å²) in [7, 11) is 0. The smallest absolute Gasteiger partial charge is 0.0813 e. The van der Waals surface area contributed by atoms with Gasteiger partial charge < -0.3 is 0 Å². The largest absolute Gasteiger partial charge is 0.296 e. The lowest BCUT2D eigenvalue weighted by molar-refractivity contribution is -0.0931. The number of hydrogen-bond donors (Lipinski definition) is 1. The van der Waals surface area contributed by atoms with E-state index in [9.17, 15) is 0 Å². The molecule has 0 aliphatic heterocycles. The summed E-state index contributed by atoms with van der Waals surface area (Å²) in [6.07, 6.45) is 2.35. The average Bonchev–Trinajstić information content (AvgIpc) is 1.96. The van der Waals surface area contributed by atoms with E-state index in [1.165, 1.54) is 12.8 Å². The first-order chi connectivity index (χ1) is 6.70. The maximum absolute atomic E-state index is 5.64. The van der Waals surface area contributed by atoms with Crippen molar-refractivity contribution in [1.29, 1.82) is 0 Å². The number of hydroxylamine groups is 1. The fourth-order valence-electron chi connectivity index (χ4n) is 1.59. The minimum atomic E-state index is -0.105. The van der Waals surface area contributed by atoms with Crippen molar-refractivity contribution >= 4 is 0 Å². The van der Waals surface area contributed by atoms with E-state index in [4.69, 9.17) is 4.84 Å². The van der Waals surface area contributed by atoms with Gasteiger partial charge >= 0.3 is 0 Å². The highest BCUT2D eigenvalue weighted by molar-refractivity contribution is 4.68. The summed E-state index contributed by atoms with van der Waals surface area (Å²) in [5.74, 6) is 1.43. The SMILES string of the molecule is CC(C)CC(CC(C)C)NOC(C)(C)C. The second kappa shape index (κ2) is 6.49. The second-order valence-electron chi connectivity index (χ2n) is 6.29. The molecule has 0 unspecified atom stereocenters. The molecule has 0 heterocycles. The molecule has 0 aliphatic rings. The molecular formula is C13H29NO. The van der Waals surface area contributed by atoms with Gasteiger partial charge in [-0.05, 0) is 45.4 Å². The Morgan fingerprint density at radius 3 is 1.60 bits per heavy atom. The van der Waals surface area contributed by atoms with Gasteiger partial charge in [0.05, 0.1) is 5.60 Å². The van der Waals surface area contributed by atoms with Crippen LogP contribution in [0, 0.1) is 11.8 Å². The Balaban J connectivity index is 4.01. The summed E-state index contributed by atoms with van der Waals surface area (Å²) in [4.78, 5) is 5.64. The van der Waals surface area contributed by atoms with Crippen molar-refractivity contribution in [2.75, 3.05) is 0 Å². The van der Waals surface area contributed by atoms with Gasteiger partial charge in [0.2, 0.25) is 0 Å². The van der Waals surface area contributed by atoms with E-state index in [0.29, 0.717) is 17.9 Å².